The molecule has 0 radical (unpaired) electrons. The van der Waals surface area contributed by atoms with Gasteiger partial charge in [0.05, 0.1) is 5.56 Å². The lowest BCUT2D eigenvalue weighted by molar-refractivity contribution is -0.137. The number of halogens is 4. The highest BCUT2D eigenvalue weighted by Gasteiger charge is 2.32. The lowest BCUT2D eigenvalue weighted by Gasteiger charge is -2.29. The molecule has 8 heteroatoms. The second kappa shape index (κ2) is 6.43. The number of alkyl halides is 3. The number of aromatic nitrogens is 1. The molecule has 1 saturated heterocycles. The third-order valence-electron chi connectivity index (χ3n) is 4.21. The molecule has 0 unspecified atom stereocenters. The predicted molar refractivity (Wildman–Crippen MR) is 78.2 cm³/mol. The zero-order valence-electron chi connectivity index (χ0n) is 12.6. The summed E-state index contributed by atoms with van der Waals surface area (Å²) in [5.41, 5.74) is -1.02. The Morgan fingerprint density at radius 3 is 2.67 bits per heavy atom. The van der Waals surface area contributed by atoms with E-state index in [1.807, 2.05) is 0 Å². The fourth-order valence-corrected chi connectivity index (χ4v) is 3.14. The van der Waals surface area contributed by atoms with E-state index in [0.717, 1.165) is 18.6 Å². The number of hydrogen-bond donors (Lipinski definition) is 2. The van der Waals surface area contributed by atoms with Gasteiger partial charge in [-0.15, -0.1) is 0 Å². The standard InChI is InChI=1S/C16H16F4N2O2/c17-12-4-9(3-11(7-12)16(18,19)20)5-13-6-10(1-2-21-13)14-8-15(23)22-24-14/h3-4,7-8,10,13,21H,1-2,5-6H2,(H,22,23)/t10-,13-/m0/s1. The van der Waals surface area contributed by atoms with Gasteiger partial charge in [-0.25, -0.2) is 4.39 Å². The van der Waals surface area contributed by atoms with E-state index in [1.165, 1.54) is 6.07 Å². The van der Waals surface area contributed by atoms with Gasteiger partial charge in [-0.1, -0.05) is 0 Å². The van der Waals surface area contributed by atoms with Crippen LogP contribution in [-0.2, 0) is 12.6 Å². The van der Waals surface area contributed by atoms with E-state index in [1.54, 1.807) is 0 Å². The lowest BCUT2D eigenvalue weighted by Crippen LogP contribution is -2.38. The van der Waals surface area contributed by atoms with Gasteiger partial charge in [0.25, 0.3) is 5.56 Å². The summed E-state index contributed by atoms with van der Waals surface area (Å²) in [6.45, 7) is 0.645. The largest absolute Gasteiger partial charge is 0.416 e. The highest BCUT2D eigenvalue weighted by Crippen LogP contribution is 2.32. The van der Waals surface area contributed by atoms with E-state index >= 15 is 0 Å². The molecule has 2 aromatic rings. The molecule has 1 aliphatic rings. The second-order valence-corrected chi connectivity index (χ2v) is 6.04. The van der Waals surface area contributed by atoms with Gasteiger partial charge in [-0.05, 0) is 49.6 Å². The molecule has 1 aliphatic heterocycles. The summed E-state index contributed by atoms with van der Waals surface area (Å²) in [6.07, 6.45) is -2.95. The Morgan fingerprint density at radius 2 is 2.00 bits per heavy atom. The Kier molecular flexibility index (Phi) is 4.49. The summed E-state index contributed by atoms with van der Waals surface area (Å²) in [6, 6.07) is 3.86. The molecule has 4 nitrogen and oxygen atoms in total. The van der Waals surface area contributed by atoms with Crippen molar-refractivity contribution in [1.29, 1.82) is 0 Å². The highest BCUT2D eigenvalue weighted by molar-refractivity contribution is 5.27. The number of rotatable bonds is 3. The molecule has 1 fully saturated rings. The maximum atomic E-state index is 13.5. The van der Waals surface area contributed by atoms with Crippen molar-refractivity contribution in [3.05, 3.63) is 57.3 Å². The van der Waals surface area contributed by atoms with Crippen molar-refractivity contribution in [3.63, 3.8) is 0 Å². The first-order chi connectivity index (χ1) is 11.3. The van der Waals surface area contributed by atoms with E-state index < -0.39 is 17.6 Å². The summed E-state index contributed by atoms with van der Waals surface area (Å²) in [5, 5.41) is 5.45. The third kappa shape index (κ3) is 3.87. The van der Waals surface area contributed by atoms with Crippen LogP contribution in [0, 0.1) is 5.82 Å². The molecule has 2 atom stereocenters. The van der Waals surface area contributed by atoms with Crippen LogP contribution in [0.1, 0.15) is 35.6 Å². The molecule has 24 heavy (non-hydrogen) atoms. The number of piperidine rings is 1. The Balaban J connectivity index is 1.74. The van der Waals surface area contributed by atoms with Crippen LogP contribution in [0.2, 0.25) is 0 Å². The lowest BCUT2D eigenvalue weighted by atomic mass is 9.87. The molecule has 0 amide bonds. The van der Waals surface area contributed by atoms with Crippen molar-refractivity contribution >= 4 is 0 Å². The van der Waals surface area contributed by atoms with Gasteiger partial charge >= 0.3 is 6.18 Å². The molecule has 3 rings (SSSR count). The summed E-state index contributed by atoms with van der Waals surface area (Å²) in [4.78, 5) is 11.2. The van der Waals surface area contributed by atoms with Crippen LogP contribution in [-0.4, -0.2) is 17.7 Å². The van der Waals surface area contributed by atoms with Gasteiger partial charge < -0.3 is 9.84 Å². The second-order valence-electron chi connectivity index (χ2n) is 6.04. The minimum absolute atomic E-state index is 0.00541. The van der Waals surface area contributed by atoms with Gasteiger partial charge in [-0.2, -0.15) is 18.3 Å². The first kappa shape index (κ1) is 16.8. The molecule has 2 heterocycles. The van der Waals surface area contributed by atoms with Crippen molar-refractivity contribution in [2.24, 2.45) is 0 Å². The van der Waals surface area contributed by atoms with Crippen molar-refractivity contribution < 1.29 is 22.1 Å². The molecule has 0 spiro atoms. The fourth-order valence-electron chi connectivity index (χ4n) is 3.14. The van der Waals surface area contributed by atoms with Crippen molar-refractivity contribution in [2.45, 2.75) is 37.4 Å². The van der Waals surface area contributed by atoms with E-state index in [0.29, 0.717) is 24.8 Å². The SMILES string of the molecule is O=c1cc([C@H]2CCN[C@@H](Cc3cc(F)cc(C(F)(F)F)c3)C2)o[nH]1. The molecule has 130 valence electrons. The van der Waals surface area contributed by atoms with Crippen molar-refractivity contribution in [2.75, 3.05) is 6.54 Å². The molecule has 0 saturated carbocycles. The molecule has 0 bridgehead atoms. The Bertz CT molecular complexity index is 766. The Hall–Kier alpha value is -2.09. The van der Waals surface area contributed by atoms with E-state index in [-0.39, 0.29) is 29.5 Å². The molecule has 0 aliphatic carbocycles. The van der Waals surface area contributed by atoms with Crippen molar-refractivity contribution in [1.82, 2.24) is 10.5 Å². The fraction of sp³-hybridized carbons (Fsp3) is 0.438. The highest BCUT2D eigenvalue weighted by atomic mass is 19.4. The molecular weight excluding hydrogens is 328 g/mol. The van der Waals surface area contributed by atoms with Crippen LogP contribution in [0.15, 0.2) is 33.6 Å². The first-order valence-electron chi connectivity index (χ1n) is 7.60. The third-order valence-corrected chi connectivity index (χ3v) is 4.21. The molecule has 1 aromatic carbocycles. The average Bonchev–Trinajstić information content (AvgIpc) is 2.93. The van der Waals surface area contributed by atoms with Crippen molar-refractivity contribution in [3.8, 4) is 0 Å². The summed E-state index contributed by atoms with van der Waals surface area (Å²) >= 11 is 0. The first-order valence-corrected chi connectivity index (χ1v) is 7.60. The number of hydrogen-bond acceptors (Lipinski definition) is 3. The Labute approximate surface area is 134 Å². The topological polar surface area (TPSA) is 58.0 Å². The zero-order chi connectivity index (χ0) is 17.3. The van der Waals surface area contributed by atoms with Crippen LogP contribution in [0.4, 0.5) is 17.6 Å². The summed E-state index contributed by atoms with van der Waals surface area (Å²) in [5.74, 6) is -0.351. The molecular formula is C16H16F4N2O2. The maximum Gasteiger partial charge on any atom is 0.416 e. The quantitative estimate of drug-likeness (QED) is 0.841. The van der Waals surface area contributed by atoms with Gasteiger partial charge in [0.2, 0.25) is 0 Å². The summed E-state index contributed by atoms with van der Waals surface area (Å²) < 4.78 is 56.9. The van der Waals surface area contributed by atoms with Gasteiger partial charge in [0.15, 0.2) is 0 Å². The van der Waals surface area contributed by atoms with Crippen LogP contribution in [0.5, 0.6) is 0 Å². The van der Waals surface area contributed by atoms with Crippen LogP contribution >= 0.6 is 0 Å². The molecule has 1 aromatic heterocycles. The van der Waals surface area contributed by atoms with Gasteiger partial charge in [0, 0.05) is 18.0 Å². The minimum Gasteiger partial charge on any atom is -0.383 e. The predicted octanol–water partition coefficient (Wildman–Crippen LogP) is 3.20. The van der Waals surface area contributed by atoms with Gasteiger partial charge in [-0.3, -0.25) is 4.79 Å². The zero-order valence-corrected chi connectivity index (χ0v) is 12.6. The van der Waals surface area contributed by atoms with Crippen LogP contribution in [0.3, 0.4) is 0 Å². The molecule has 2 N–H and O–H groups in total. The van der Waals surface area contributed by atoms with E-state index in [9.17, 15) is 22.4 Å². The number of H-pyrrole nitrogens is 1. The number of aromatic amines is 1. The number of nitrogens with one attached hydrogen (secondary N) is 2. The Morgan fingerprint density at radius 1 is 1.21 bits per heavy atom. The summed E-state index contributed by atoms with van der Waals surface area (Å²) in [7, 11) is 0. The normalized spacial score (nSPS) is 21.8. The van der Waals surface area contributed by atoms with Crippen LogP contribution in [0.25, 0.3) is 0 Å². The number of benzene rings is 1. The maximum absolute atomic E-state index is 13.5. The minimum atomic E-state index is -4.58. The monoisotopic (exact) mass is 344 g/mol. The average molecular weight is 344 g/mol. The van der Waals surface area contributed by atoms with Gasteiger partial charge in [0.1, 0.15) is 11.6 Å². The van der Waals surface area contributed by atoms with Crippen LogP contribution < -0.4 is 10.9 Å². The smallest absolute Gasteiger partial charge is 0.383 e. The van der Waals surface area contributed by atoms with E-state index in [2.05, 4.69) is 10.5 Å². The van der Waals surface area contributed by atoms with E-state index in [4.69, 9.17) is 4.52 Å².